The monoisotopic (exact) mass is 599 g/mol. The van der Waals surface area contributed by atoms with Crippen molar-refractivity contribution in [1.29, 1.82) is 0 Å². The second-order valence-corrected chi connectivity index (χ2v) is 11.6. The number of hydrogen-bond acceptors (Lipinski definition) is 10. The van der Waals surface area contributed by atoms with Crippen LogP contribution in [0.5, 0.6) is 5.75 Å². The van der Waals surface area contributed by atoms with Crippen LogP contribution in [0.1, 0.15) is 92.8 Å². The van der Waals surface area contributed by atoms with Gasteiger partial charge in [0.25, 0.3) is 5.56 Å². The predicted octanol–water partition coefficient (Wildman–Crippen LogP) is 4.04. The lowest BCUT2D eigenvalue weighted by Gasteiger charge is -2.29. The Bertz CT molecular complexity index is 1530. The molecule has 0 spiro atoms. The van der Waals surface area contributed by atoms with E-state index < -0.39 is 40.9 Å². The Kier molecular flexibility index (Phi) is 10.5. The Morgan fingerprint density at radius 3 is 2.30 bits per heavy atom. The van der Waals surface area contributed by atoms with Crippen molar-refractivity contribution in [3.05, 3.63) is 69.3 Å². The molecule has 0 aliphatic heterocycles. The van der Waals surface area contributed by atoms with E-state index in [1.807, 2.05) is 13.8 Å². The summed E-state index contributed by atoms with van der Waals surface area (Å²) >= 11 is 0. The molecular formula is C30H38FN5O7. The van der Waals surface area contributed by atoms with Crippen molar-refractivity contribution in [2.75, 3.05) is 0 Å². The number of nitrogens with zero attached hydrogens (tertiary/aromatic N) is 4. The van der Waals surface area contributed by atoms with E-state index in [4.69, 9.17) is 13.9 Å². The summed E-state index contributed by atoms with van der Waals surface area (Å²) in [5, 5.41) is 10.1. The molecule has 0 bridgehead atoms. The summed E-state index contributed by atoms with van der Waals surface area (Å²) in [4.78, 5) is 57.2. The smallest absolute Gasteiger partial charge is 0.309 e. The van der Waals surface area contributed by atoms with Gasteiger partial charge in [0.05, 0.1) is 5.54 Å². The second-order valence-electron chi connectivity index (χ2n) is 11.6. The molecule has 0 radical (unpaired) electrons. The first-order chi connectivity index (χ1) is 20.1. The largest absolute Gasteiger partial charge is 0.446 e. The van der Waals surface area contributed by atoms with Gasteiger partial charge >= 0.3 is 17.8 Å². The van der Waals surface area contributed by atoms with Gasteiger partial charge in [-0.2, -0.15) is 0 Å². The number of Topliss-reactive ketones (excluding diaryl/α,β-unsaturated/α-hetero) is 1. The molecule has 1 aromatic carbocycles. The van der Waals surface area contributed by atoms with E-state index >= 15 is 0 Å². The number of ether oxygens (including phenoxy) is 2. The van der Waals surface area contributed by atoms with Crippen molar-refractivity contribution in [2.24, 2.45) is 18.9 Å². The first-order valence-electron chi connectivity index (χ1n) is 14.0. The van der Waals surface area contributed by atoms with Gasteiger partial charge in [-0.1, -0.05) is 39.8 Å². The lowest BCUT2D eigenvalue weighted by Crippen LogP contribution is -2.46. The summed E-state index contributed by atoms with van der Waals surface area (Å²) < 4.78 is 31.2. The minimum Gasteiger partial charge on any atom is -0.446 e. The maximum absolute atomic E-state index is 13.8. The molecule has 1 atom stereocenters. The van der Waals surface area contributed by atoms with Crippen LogP contribution in [-0.2, 0) is 28.5 Å². The maximum Gasteiger partial charge on any atom is 0.309 e. The standard InChI is InChI=1S/C30H38FN5O7/c1-16(2)15-22(38)42-28(17(3)4)43-24-23(21(37)14-11-19-9-12-20(31)13-10-19)32-29(36(8)27(24)40)30(6,7)33-25(39)26-35-34-18(5)41-26/h9-10,12-13,16-17,28H,11,14-15H2,1-8H3,(H,33,39). The van der Waals surface area contributed by atoms with E-state index in [-0.39, 0.29) is 60.1 Å². The fraction of sp³-hybridized carbons (Fsp3) is 0.500. The number of carbonyl (C=O) groups excluding carboxylic acids is 3. The average Bonchev–Trinajstić information content (AvgIpc) is 3.36. The van der Waals surface area contributed by atoms with Crippen molar-refractivity contribution < 1.29 is 32.7 Å². The van der Waals surface area contributed by atoms with Gasteiger partial charge in [0.15, 0.2) is 11.5 Å². The number of ketones is 1. The second kappa shape index (κ2) is 13.7. The molecule has 2 aromatic heterocycles. The van der Waals surface area contributed by atoms with Gasteiger partial charge in [-0.05, 0) is 43.9 Å². The van der Waals surface area contributed by atoms with Crippen LogP contribution in [0.4, 0.5) is 4.39 Å². The maximum atomic E-state index is 13.8. The van der Waals surface area contributed by atoms with E-state index in [0.29, 0.717) is 5.56 Å². The summed E-state index contributed by atoms with van der Waals surface area (Å²) in [6.45, 7) is 11.9. The topological polar surface area (TPSA) is 156 Å². The molecule has 3 aromatic rings. The predicted molar refractivity (Wildman–Crippen MR) is 153 cm³/mol. The van der Waals surface area contributed by atoms with Crippen molar-refractivity contribution in [1.82, 2.24) is 25.1 Å². The van der Waals surface area contributed by atoms with E-state index in [1.165, 1.54) is 26.1 Å². The van der Waals surface area contributed by atoms with Gasteiger partial charge in [-0.25, -0.2) is 9.37 Å². The molecule has 1 unspecified atom stereocenters. The molecule has 1 amide bonds. The van der Waals surface area contributed by atoms with Crippen LogP contribution in [0.15, 0.2) is 33.5 Å². The lowest BCUT2D eigenvalue weighted by atomic mass is 10.0. The number of esters is 1. The van der Waals surface area contributed by atoms with Crippen molar-refractivity contribution in [3.63, 3.8) is 0 Å². The minimum absolute atomic E-state index is 0.0336. The van der Waals surface area contributed by atoms with Gasteiger partial charge in [0.1, 0.15) is 11.6 Å². The fourth-order valence-corrected chi connectivity index (χ4v) is 4.17. The quantitative estimate of drug-likeness (QED) is 0.173. The summed E-state index contributed by atoms with van der Waals surface area (Å²) in [5.74, 6) is -2.95. The zero-order chi connectivity index (χ0) is 32.1. The molecule has 13 heteroatoms. The lowest BCUT2D eigenvalue weighted by molar-refractivity contribution is -0.170. The normalized spacial score (nSPS) is 12.3. The van der Waals surface area contributed by atoms with Gasteiger partial charge in [0, 0.05) is 32.7 Å². The van der Waals surface area contributed by atoms with Crippen LogP contribution in [0.2, 0.25) is 0 Å². The third-order valence-corrected chi connectivity index (χ3v) is 6.37. The molecule has 0 aliphatic carbocycles. The summed E-state index contributed by atoms with van der Waals surface area (Å²) in [7, 11) is 1.42. The number of aromatic nitrogens is 4. The van der Waals surface area contributed by atoms with Crippen LogP contribution in [0, 0.1) is 24.6 Å². The zero-order valence-electron chi connectivity index (χ0n) is 25.7. The number of carbonyl (C=O) groups is 3. The third kappa shape index (κ3) is 8.55. The molecule has 232 valence electrons. The molecular weight excluding hydrogens is 561 g/mol. The highest BCUT2D eigenvalue weighted by atomic mass is 19.1. The van der Waals surface area contributed by atoms with E-state index in [1.54, 1.807) is 39.8 Å². The molecule has 1 N–H and O–H groups in total. The van der Waals surface area contributed by atoms with Crippen LogP contribution in [0.25, 0.3) is 0 Å². The highest BCUT2D eigenvalue weighted by Gasteiger charge is 2.34. The van der Waals surface area contributed by atoms with E-state index in [0.717, 1.165) is 4.57 Å². The third-order valence-electron chi connectivity index (χ3n) is 6.37. The average molecular weight is 600 g/mol. The Hall–Kier alpha value is -4.42. The Balaban J connectivity index is 2.04. The highest BCUT2D eigenvalue weighted by molar-refractivity contribution is 5.97. The summed E-state index contributed by atoms with van der Waals surface area (Å²) in [6, 6.07) is 5.70. The SMILES string of the molecule is Cc1nnc(C(=O)NC(C)(C)c2nc(C(=O)CCc3ccc(F)cc3)c(OC(OC(=O)CC(C)C)C(C)C)c(=O)n2C)o1. The summed E-state index contributed by atoms with van der Waals surface area (Å²) in [6.07, 6.45) is -0.893. The number of nitrogens with one attached hydrogen (secondary N) is 1. The molecule has 12 nitrogen and oxygen atoms in total. The fourth-order valence-electron chi connectivity index (χ4n) is 4.17. The molecule has 0 fully saturated rings. The van der Waals surface area contributed by atoms with Crippen LogP contribution < -0.4 is 15.6 Å². The van der Waals surface area contributed by atoms with Gasteiger partial charge in [-0.15, -0.1) is 10.2 Å². The molecule has 2 heterocycles. The van der Waals surface area contributed by atoms with Crippen molar-refractivity contribution in [2.45, 2.75) is 79.6 Å². The highest BCUT2D eigenvalue weighted by Crippen LogP contribution is 2.25. The van der Waals surface area contributed by atoms with Crippen LogP contribution in [-0.4, -0.2) is 43.7 Å². The van der Waals surface area contributed by atoms with Crippen LogP contribution >= 0.6 is 0 Å². The number of amides is 1. The zero-order valence-corrected chi connectivity index (χ0v) is 25.7. The minimum atomic E-state index is -1.31. The van der Waals surface area contributed by atoms with Gasteiger partial charge < -0.3 is 19.2 Å². The molecule has 0 aliphatic rings. The van der Waals surface area contributed by atoms with E-state index in [9.17, 15) is 23.6 Å². The molecule has 3 rings (SSSR count). The van der Waals surface area contributed by atoms with Crippen LogP contribution in [0.3, 0.4) is 0 Å². The van der Waals surface area contributed by atoms with Crippen molar-refractivity contribution in [3.8, 4) is 5.75 Å². The Morgan fingerprint density at radius 2 is 1.74 bits per heavy atom. The first kappa shape index (κ1) is 33.1. The number of aryl methyl sites for hydroxylation is 2. The Labute approximate surface area is 249 Å². The van der Waals surface area contributed by atoms with E-state index in [2.05, 4.69) is 20.5 Å². The van der Waals surface area contributed by atoms with Gasteiger partial charge in [-0.3, -0.25) is 23.7 Å². The number of hydrogen-bond donors (Lipinski definition) is 1. The van der Waals surface area contributed by atoms with Gasteiger partial charge in [0.2, 0.25) is 17.9 Å². The number of rotatable bonds is 13. The number of halogens is 1. The first-order valence-corrected chi connectivity index (χ1v) is 14.0. The van der Waals surface area contributed by atoms with Crippen molar-refractivity contribution >= 4 is 17.7 Å². The molecule has 43 heavy (non-hydrogen) atoms. The molecule has 0 saturated carbocycles. The Morgan fingerprint density at radius 1 is 1.09 bits per heavy atom. The molecule has 0 saturated heterocycles. The summed E-state index contributed by atoms with van der Waals surface area (Å²) in [5.41, 5.74) is -1.62. The number of benzene rings is 1.